The summed E-state index contributed by atoms with van der Waals surface area (Å²) in [4.78, 5) is 6.19. The van der Waals surface area contributed by atoms with Crippen LogP contribution in [0.2, 0.25) is 5.02 Å². The lowest BCUT2D eigenvalue weighted by atomic mass is 10.2. The van der Waals surface area contributed by atoms with Crippen LogP contribution in [0.4, 0.5) is 18.9 Å². The molecule has 0 saturated heterocycles. The second-order valence-corrected chi connectivity index (χ2v) is 6.19. The van der Waals surface area contributed by atoms with Crippen LogP contribution >= 0.6 is 11.6 Å². The van der Waals surface area contributed by atoms with Gasteiger partial charge in [-0.3, -0.25) is 4.72 Å². The molecular formula is C11H9ClF3N3O2S. The zero-order valence-corrected chi connectivity index (χ0v) is 12.1. The van der Waals surface area contributed by atoms with Crippen LogP contribution in [0.15, 0.2) is 29.4 Å². The minimum absolute atomic E-state index is 0.150. The summed E-state index contributed by atoms with van der Waals surface area (Å²) >= 11 is 5.72. The Morgan fingerprint density at radius 3 is 2.52 bits per heavy atom. The number of halogens is 4. The predicted octanol–water partition coefficient (Wildman–Crippen LogP) is 3.19. The Hall–Kier alpha value is -1.74. The largest absolute Gasteiger partial charge is 0.416 e. The second-order valence-electron chi connectivity index (χ2n) is 4.13. The molecule has 0 aliphatic rings. The number of H-pyrrole nitrogens is 1. The van der Waals surface area contributed by atoms with Crippen molar-refractivity contribution in [3.05, 3.63) is 40.8 Å². The summed E-state index contributed by atoms with van der Waals surface area (Å²) in [6.45, 7) is 1.54. The van der Waals surface area contributed by atoms with E-state index in [2.05, 4.69) is 9.97 Å². The molecule has 114 valence electrons. The first-order chi connectivity index (χ1) is 9.59. The van der Waals surface area contributed by atoms with Crippen molar-refractivity contribution in [3.8, 4) is 0 Å². The third-order valence-corrected chi connectivity index (χ3v) is 4.11. The normalized spacial score (nSPS) is 12.4. The number of hydrogen-bond acceptors (Lipinski definition) is 3. The van der Waals surface area contributed by atoms with Gasteiger partial charge in [0.15, 0.2) is 5.03 Å². The number of hydrogen-bond donors (Lipinski definition) is 2. The molecule has 0 fully saturated rings. The Labute approximate surface area is 123 Å². The maximum absolute atomic E-state index is 12.6. The fourth-order valence-corrected chi connectivity index (χ4v) is 2.78. The number of benzene rings is 1. The Morgan fingerprint density at radius 1 is 1.33 bits per heavy atom. The van der Waals surface area contributed by atoms with Crippen LogP contribution in [0.5, 0.6) is 0 Å². The van der Waals surface area contributed by atoms with Gasteiger partial charge in [0.1, 0.15) is 5.82 Å². The standard InChI is InChI=1S/C11H9ClF3N3O2S/c1-6-16-5-10(17-6)21(19,20)18-9-4-7(11(13,14)15)2-3-8(9)12/h2-5,18H,1H3,(H,16,17). The minimum atomic E-state index is -4.60. The van der Waals surface area contributed by atoms with Crippen molar-refractivity contribution in [1.29, 1.82) is 0 Å². The average Bonchev–Trinajstić information content (AvgIpc) is 2.78. The lowest BCUT2D eigenvalue weighted by Crippen LogP contribution is -2.15. The van der Waals surface area contributed by atoms with Crippen molar-refractivity contribution in [2.45, 2.75) is 18.1 Å². The Bertz CT molecular complexity index is 771. The van der Waals surface area contributed by atoms with Gasteiger partial charge in [0, 0.05) is 0 Å². The Morgan fingerprint density at radius 2 is 2.00 bits per heavy atom. The molecule has 1 aromatic heterocycles. The number of imidazole rings is 1. The topological polar surface area (TPSA) is 74.8 Å². The van der Waals surface area contributed by atoms with Gasteiger partial charge in [-0.05, 0) is 25.1 Å². The van der Waals surface area contributed by atoms with E-state index in [1.165, 1.54) is 6.92 Å². The number of sulfonamides is 1. The van der Waals surface area contributed by atoms with Crippen LogP contribution < -0.4 is 4.72 Å². The highest BCUT2D eigenvalue weighted by molar-refractivity contribution is 7.92. The first-order valence-electron chi connectivity index (χ1n) is 5.51. The van der Waals surface area contributed by atoms with Crippen LogP contribution in [-0.4, -0.2) is 18.4 Å². The molecule has 21 heavy (non-hydrogen) atoms. The molecule has 1 heterocycles. The van der Waals surface area contributed by atoms with Gasteiger partial charge >= 0.3 is 6.18 Å². The molecule has 0 radical (unpaired) electrons. The molecule has 5 nitrogen and oxygen atoms in total. The summed E-state index contributed by atoms with van der Waals surface area (Å²) < 4.78 is 63.9. The van der Waals surface area contributed by atoms with Crippen molar-refractivity contribution in [2.24, 2.45) is 0 Å². The van der Waals surface area contributed by atoms with Crippen LogP contribution in [0.25, 0.3) is 0 Å². The third-order valence-electron chi connectivity index (χ3n) is 2.51. The predicted molar refractivity (Wildman–Crippen MR) is 70.6 cm³/mol. The Balaban J connectivity index is 2.39. The number of anilines is 1. The fraction of sp³-hybridized carbons (Fsp3) is 0.182. The van der Waals surface area contributed by atoms with Gasteiger partial charge in [0.25, 0.3) is 10.0 Å². The smallest absolute Gasteiger partial charge is 0.332 e. The molecular weight excluding hydrogens is 331 g/mol. The molecule has 0 amide bonds. The summed E-state index contributed by atoms with van der Waals surface area (Å²) in [5.41, 5.74) is -1.37. The van der Waals surface area contributed by atoms with Gasteiger partial charge in [-0.25, -0.2) is 4.98 Å². The highest BCUT2D eigenvalue weighted by Crippen LogP contribution is 2.34. The molecule has 0 atom stereocenters. The minimum Gasteiger partial charge on any atom is -0.332 e. The number of aryl methyl sites for hydroxylation is 1. The number of aromatic nitrogens is 2. The van der Waals surface area contributed by atoms with Crippen LogP contribution in [0.3, 0.4) is 0 Å². The second kappa shape index (κ2) is 5.23. The zero-order valence-electron chi connectivity index (χ0n) is 10.5. The van der Waals surface area contributed by atoms with E-state index in [-0.39, 0.29) is 15.7 Å². The van der Waals surface area contributed by atoms with Gasteiger partial charge in [0.2, 0.25) is 0 Å². The molecule has 0 spiro atoms. The van der Waals surface area contributed by atoms with Crippen molar-refractivity contribution in [3.63, 3.8) is 0 Å². The number of alkyl halides is 3. The monoisotopic (exact) mass is 339 g/mol. The summed E-state index contributed by atoms with van der Waals surface area (Å²) in [5.74, 6) is 0.352. The van der Waals surface area contributed by atoms with Crippen LogP contribution in [0.1, 0.15) is 11.4 Å². The van der Waals surface area contributed by atoms with E-state index in [0.29, 0.717) is 11.9 Å². The molecule has 2 rings (SSSR count). The van der Waals surface area contributed by atoms with E-state index in [1.807, 2.05) is 4.72 Å². The quantitative estimate of drug-likeness (QED) is 0.901. The molecule has 2 N–H and O–H groups in total. The molecule has 0 unspecified atom stereocenters. The summed E-state index contributed by atoms with van der Waals surface area (Å²) in [5, 5.41) is -0.420. The number of nitrogens with one attached hydrogen (secondary N) is 2. The van der Waals surface area contributed by atoms with Gasteiger partial charge < -0.3 is 4.98 Å². The van der Waals surface area contributed by atoms with E-state index in [1.54, 1.807) is 0 Å². The van der Waals surface area contributed by atoms with Crippen LogP contribution in [0, 0.1) is 6.92 Å². The SMILES string of the molecule is Cc1ncc(S(=O)(=O)Nc2cc(C(F)(F)F)ccc2Cl)[nH]1. The number of aromatic amines is 1. The molecule has 10 heteroatoms. The van der Waals surface area contributed by atoms with Crippen molar-refractivity contribution >= 4 is 27.3 Å². The third kappa shape index (κ3) is 3.48. The Kier molecular flexibility index (Phi) is 3.89. The molecule has 1 aromatic carbocycles. The van der Waals surface area contributed by atoms with E-state index >= 15 is 0 Å². The summed E-state index contributed by atoms with van der Waals surface area (Å²) in [6, 6.07) is 2.37. The van der Waals surface area contributed by atoms with Gasteiger partial charge in [-0.2, -0.15) is 21.6 Å². The zero-order chi connectivity index (χ0) is 15.8. The number of rotatable bonds is 3. The lowest BCUT2D eigenvalue weighted by Gasteiger charge is -2.12. The van der Waals surface area contributed by atoms with Crippen molar-refractivity contribution in [2.75, 3.05) is 4.72 Å². The van der Waals surface area contributed by atoms with Crippen LogP contribution in [-0.2, 0) is 16.2 Å². The van der Waals surface area contributed by atoms with Gasteiger partial charge in [-0.15, -0.1) is 0 Å². The van der Waals surface area contributed by atoms with Crippen molar-refractivity contribution in [1.82, 2.24) is 9.97 Å². The summed E-state index contributed by atoms with van der Waals surface area (Å²) in [7, 11) is -4.10. The van der Waals surface area contributed by atoms with E-state index in [9.17, 15) is 21.6 Å². The average molecular weight is 340 g/mol. The highest BCUT2D eigenvalue weighted by atomic mass is 35.5. The summed E-state index contributed by atoms with van der Waals surface area (Å²) in [6.07, 6.45) is -3.55. The van der Waals surface area contributed by atoms with Gasteiger partial charge in [0.05, 0.1) is 22.5 Å². The molecule has 2 aromatic rings. The van der Waals surface area contributed by atoms with E-state index in [0.717, 1.165) is 18.3 Å². The molecule has 0 aliphatic heterocycles. The first kappa shape index (κ1) is 15.6. The van der Waals surface area contributed by atoms with Crippen molar-refractivity contribution < 1.29 is 21.6 Å². The van der Waals surface area contributed by atoms with E-state index < -0.39 is 21.8 Å². The first-order valence-corrected chi connectivity index (χ1v) is 7.37. The molecule has 0 saturated carbocycles. The number of nitrogens with zero attached hydrogens (tertiary/aromatic N) is 1. The lowest BCUT2D eigenvalue weighted by molar-refractivity contribution is -0.137. The van der Waals surface area contributed by atoms with E-state index in [4.69, 9.17) is 11.6 Å². The highest BCUT2D eigenvalue weighted by Gasteiger charge is 2.31. The van der Waals surface area contributed by atoms with Gasteiger partial charge in [-0.1, -0.05) is 11.6 Å². The fourth-order valence-electron chi connectivity index (χ4n) is 1.51. The molecule has 0 bridgehead atoms. The molecule has 0 aliphatic carbocycles. The maximum Gasteiger partial charge on any atom is 0.416 e. The maximum atomic E-state index is 12.6.